The predicted octanol–water partition coefficient (Wildman–Crippen LogP) is 3.14. The Kier molecular flexibility index (Phi) is 6.51. The number of rotatable bonds is 4. The van der Waals surface area contributed by atoms with E-state index < -0.39 is 5.66 Å². The lowest BCUT2D eigenvalue weighted by Crippen LogP contribution is -2.59. The van der Waals surface area contributed by atoms with Crippen molar-refractivity contribution >= 4 is 40.8 Å². The van der Waals surface area contributed by atoms with E-state index in [0.29, 0.717) is 36.4 Å². The Morgan fingerprint density at radius 3 is 2.44 bits per heavy atom. The molecule has 4 rings (SSSR count). The summed E-state index contributed by atoms with van der Waals surface area (Å²) in [6, 6.07) is 5.89. The lowest BCUT2D eigenvalue weighted by Gasteiger charge is -2.47. The molecule has 1 amide bonds. The Labute approximate surface area is 195 Å². The maximum absolute atomic E-state index is 12.5. The molecule has 0 aromatic heterocycles. The Bertz CT molecular complexity index is 915. The van der Waals surface area contributed by atoms with Gasteiger partial charge < -0.3 is 21.3 Å². The molecule has 2 aliphatic heterocycles. The maximum Gasteiger partial charge on any atom is 0.222 e. The molecule has 1 saturated carbocycles. The lowest BCUT2D eigenvalue weighted by atomic mass is 9.87. The van der Waals surface area contributed by atoms with Crippen LogP contribution in [0.3, 0.4) is 0 Å². The van der Waals surface area contributed by atoms with E-state index in [9.17, 15) is 4.79 Å². The van der Waals surface area contributed by atoms with Crippen molar-refractivity contribution in [2.75, 3.05) is 36.0 Å². The van der Waals surface area contributed by atoms with E-state index in [0.717, 1.165) is 50.1 Å². The van der Waals surface area contributed by atoms with Crippen molar-refractivity contribution in [2.45, 2.75) is 58.0 Å². The van der Waals surface area contributed by atoms with Crippen LogP contribution in [0.25, 0.3) is 0 Å². The van der Waals surface area contributed by atoms with Gasteiger partial charge in [0.25, 0.3) is 0 Å². The summed E-state index contributed by atoms with van der Waals surface area (Å²) in [6.45, 7) is 7.06. The van der Waals surface area contributed by atoms with Gasteiger partial charge >= 0.3 is 0 Å². The second-order valence-corrected chi connectivity index (χ2v) is 9.85. The molecule has 1 aliphatic carbocycles. The fourth-order valence-corrected chi connectivity index (χ4v) is 5.25. The van der Waals surface area contributed by atoms with Gasteiger partial charge in [0.2, 0.25) is 17.8 Å². The third-order valence-corrected chi connectivity index (χ3v) is 6.82. The molecule has 1 aromatic carbocycles. The molecular weight excluding hydrogens is 426 g/mol. The van der Waals surface area contributed by atoms with Crippen LogP contribution in [0.1, 0.15) is 52.4 Å². The first kappa shape index (κ1) is 22.7. The van der Waals surface area contributed by atoms with E-state index in [1.165, 1.54) is 6.42 Å². The van der Waals surface area contributed by atoms with E-state index in [4.69, 9.17) is 28.1 Å². The van der Waals surface area contributed by atoms with Gasteiger partial charge in [-0.2, -0.15) is 4.99 Å². The molecule has 3 aliphatic rings. The van der Waals surface area contributed by atoms with Gasteiger partial charge in [-0.15, -0.1) is 0 Å². The molecule has 1 aromatic rings. The summed E-state index contributed by atoms with van der Waals surface area (Å²) >= 11 is 6.45. The summed E-state index contributed by atoms with van der Waals surface area (Å²) in [5.74, 6) is 1.19. The van der Waals surface area contributed by atoms with Gasteiger partial charge in [-0.1, -0.05) is 31.9 Å². The van der Waals surface area contributed by atoms with Gasteiger partial charge in [0.15, 0.2) is 0 Å². The topological polar surface area (TPSA) is 104 Å². The smallest absolute Gasteiger partial charge is 0.222 e. The highest BCUT2D eigenvalue weighted by molar-refractivity contribution is 6.31. The van der Waals surface area contributed by atoms with Crippen LogP contribution in [0, 0.1) is 5.92 Å². The van der Waals surface area contributed by atoms with E-state index >= 15 is 0 Å². The molecule has 4 N–H and O–H groups in total. The quantitative estimate of drug-likeness (QED) is 0.719. The third kappa shape index (κ3) is 4.51. The number of halogens is 1. The number of guanidine groups is 2. The molecule has 174 valence electrons. The van der Waals surface area contributed by atoms with Crippen LogP contribution in [-0.2, 0) is 4.79 Å². The van der Waals surface area contributed by atoms with Gasteiger partial charge in [0, 0.05) is 37.6 Å². The zero-order valence-electron chi connectivity index (χ0n) is 19.1. The third-order valence-electron chi connectivity index (χ3n) is 6.59. The number of aliphatic imine (C=N–C) groups is 2. The van der Waals surface area contributed by atoms with Crippen LogP contribution in [0.2, 0.25) is 5.02 Å². The summed E-state index contributed by atoms with van der Waals surface area (Å²) < 4.78 is 0. The Morgan fingerprint density at radius 2 is 1.78 bits per heavy atom. The van der Waals surface area contributed by atoms with Crippen molar-refractivity contribution in [3.05, 3.63) is 23.2 Å². The number of benzene rings is 1. The average molecular weight is 460 g/mol. The number of hydrogen-bond acceptors (Lipinski definition) is 7. The second kappa shape index (κ2) is 9.17. The Balaban J connectivity index is 1.63. The van der Waals surface area contributed by atoms with E-state index in [2.05, 4.69) is 23.7 Å². The fraction of sp³-hybridized carbons (Fsp3) is 0.609. The number of hydrogen-bond donors (Lipinski definition) is 2. The molecule has 1 spiro atoms. The lowest BCUT2D eigenvalue weighted by molar-refractivity contribution is -0.132. The molecule has 0 unspecified atom stereocenters. The SMILES string of the molecule is CC(C)CC(=O)N1CCN(c2ccc(Cl)cc2N2C(N)=NC(N)=NC23CCCCC3)CC1. The molecule has 2 fully saturated rings. The van der Waals surface area contributed by atoms with Crippen molar-refractivity contribution in [1.29, 1.82) is 0 Å². The Morgan fingerprint density at radius 1 is 1.09 bits per heavy atom. The van der Waals surface area contributed by atoms with Crippen molar-refractivity contribution in [3.63, 3.8) is 0 Å². The van der Waals surface area contributed by atoms with Crippen LogP contribution >= 0.6 is 11.6 Å². The van der Waals surface area contributed by atoms with Crippen LogP contribution < -0.4 is 21.3 Å². The van der Waals surface area contributed by atoms with Crippen molar-refractivity contribution < 1.29 is 4.79 Å². The van der Waals surface area contributed by atoms with Crippen molar-refractivity contribution in [1.82, 2.24) is 4.90 Å². The highest BCUT2D eigenvalue weighted by Crippen LogP contribution is 2.43. The van der Waals surface area contributed by atoms with Crippen molar-refractivity contribution in [2.24, 2.45) is 27.4 Å². The Hall–Kier alpha value is -2.48. The molecule has 9 heteroatoms. The number of amides is 1. The summed E-state index contributed by atoms with van der Waals surface area (Å²) in [6.07, 6.45) is 5.63. The molecule has 0 atom stereocenters. The highest BCUT2D eigenvalue weighted by Gasteiger charge is 2.44. The minimum absolute atomic E-state index is 0.231. The summed E-state index contributed by atoms with van der Waals surface area (Å²) in [5, 5.41) is 0.635. The van der Waals surface area contributed by atoms with Gasteiger partial charge in [-0.25, -0.2) is 4.99 Å². The van der Waals surface area contributed by atoms with Gasteiger partial charge in [0.05, 0.1) is 11.4 Å². The highest BCUT2D eigenvalue weighted by atomic mass is 35.5. The van der Waals surface area contributed by atoms with Gasteiger partial charge in [-0.05, 0) is 49.8 Å². The molecule has 8 nitrogen and oxygen atoms in total. The van der Waals surface area contributed by atoms with E-state index in [1.54, 1.807) is 0 Å². The number of carbonyl (C=O) groups excluding carboxylic acids is 1. The summed E-state index contributed by atoms with van der Waals surface area (Å²) in [5.41, 5.74) is 13.9. The van der Waals surface area contributed by atoms with Gasteiger partial charge in [0.1, 0.15) is 5.66 Å². The molecule has 32 heavy (non-hydrogen) atoms. The average Bonchev–Trinajstić information content (AvgIpc) is 2.73. The first-order chi connectivity index (χ1) is 15.3. The normalized spacial score (nSPS) is 21.1. The van der Waals surface area contributed by atoms with Crippen LogP contribution in [0.15, 0.2) is 28.2 Å². The monoisotopic (exact) mass is 459 g/mol. The number of carbonyl (C=O) groups is 1. The standard InChI is InChI=1S/C23H34ClN7O/c1-16(2)14-20(32)30-12-10-29(11-13-30)18-7-6-17(24)15-19(18)31-22(26)27-21(25)28-23(31)8-4-3-5-9-23/h6-7,15-16H,3-5,8-14H2,1-2H3,(H4,25,26,27,28). The summed E-state index contributed by atoms with van der Waals surface area (Å²) in [4.78, 5) is 27.9. The minimum atomic E-state index is -0.525. The largest absolute Gasteiger partial charge is 0.369 e. The van der Waals surface area contributed by atoms with Crippen LogP contribution in [-0.4, -0.2) is 54.6 Å². The van der Waals surface area contributed by atoms with Gasteiger partial charge in [-0.3, -0.25) is 9.69 Å². The molecular formula is C23H34ClN7O. The first-order valence-corrected chi connectivity index (χ1v) is 12.0. The zero-order chi connectivity index (χ0) is 22.9. The molecule has 1 saturated heterocycles. The molecule has 0 bridgehead atoms. The maximum atomic E-state index is 12.5. The molecule has 0 radical (unpaired) electrons. The number of anilines is 2. The summed E-state index contributed by atoms with van der Waals surface area (Å²) in [7, 11) is 0. The number of piperazine rings is 1. The van der Waals surface area contributed by atoms with E-state index in [1.807, 2.05) is 28.0 Å². The van der Waals surface area contributed by atoms with Crippen molar-refractivity contribution in [3.8, 4) is 0 Å². The zero-order valence-corrected chi connectivity index (χ0v) is 19.8. The second-order valence-electron chi connectivity index (χ2n) is 9.42. The predicted molar refractivity (Wildman–Crippen MR) is 131 cm³/mol. The minimum Gasteiger partial charge on any atom is -0.369 e. The van der Waals surface area contributed by atoms with Crippen LogP contribution in [0.4, 0.5) is 11.4 Å². The first-order valence-electron chi connectivity index (χ1n) is 11.6. The fourth-order valence-electron chi connectivity index (χ4n) is 5.09. The van der Waals surface area contributed by atoms with Crippen LogP contribution in [0.5, 0.6) is 0 Å². The molecule has 2 heterocycles. The van der Waals surface area contributed by atoms with E-state index in [-0.39, 0.29) is 11.9 Å². The number of nitrogens with two attached hydrogens (primary N) is 2. The number of nitrogens with zero attached hydrogens (tertiary/aromatic N) is 5.